The molecule has 2 heterocycles. The average molecular weight is 339 g/mol. The highest BCUT2D eigenvalue weighted by Crippen LogP contribution is 2.11. The second-order valence-electron chi connectivity index (χ2n) is 5.61. The topological polar surface area (TPSA) is 87.4 Å². The van der Waals surface area contributed by atoms with E-state index in [0.717, 1.165) is 37.5 Å². The van der Waals surface area contributed by atoms with Gasteiger partial charge >= 0.3 is 0 Å². The van der Waals surface area contributed by atoms with Crippen molar-refractivity contribution in [1.82, 2.24) is 30.3 Å². The second kappa shape index (κ2) is 8.76. The maximum Gasteiger partial charge on any atom is 0.243 e. The van der Waals surface area contributed by atoms with Gasteiger partial charge in [0, 0.05) is 38.9 Å². The summed E-state index contributed by atoms with van der Waals surface area (Å²) in [5.74, 6) is 2.68. The van der Waals surface area contributed by atoms with Crippen molar-refractivity contribution in [3.05, 3.63) is 12.2 Å². The molecule has 1 aromatic rings. The minimum atomic E-state index is -0.0156. The fourth-order valence-corrected chi connectivity index (χ4v) is 2.57. The van der Waals surface area contributed by atoms with E-state index >= 15 is 0 Å². The maximum atomic E-state index is 11.7. The Hall–Kier alpha value is -1.77. The van der Waals surface area contributed by atoms with E-state index in [1.807, 2.05) is 4.68 Å². The van der Waals surface area contributed by atoms with Crippen LogP contribution in [0.3, 0.4) is 0 Å². The quantitative estimate of drug-likeness (QED) is 0.416. The molecule has 0 radical (unpaired) electrons. The van der Waals surface area contributed by atoms with Gasteiger partial charge < -0.3 is 15.5 Å². The van der Waals surface area contributed by atoms with Crippen molar-refractivity contribution in [2.45, 2.75) is 25.4 Å². The van der Waals surface area contributed by atoms with Gasteiger partial charge in [0.1, 0.15) is 18.7 Å². The molecule has 2 rings (SSSR count). The summed E-state index contributed by atoms with van der Waals surface area (Å²) in [5, 5.41) is 10.9. The lowest BCUT2D eigenvalue weighted by Gasteiger charge is -2.25. The molecule has 8 nitrogen and oxygen atoms in total. The van der Waals surface area contributed by atoms with E-state index in [4.69, 9.17) is 0 Å². The smallest absolute Gasteiger partial charge is 0.243 e. The SMILES string of the molecule is CSCCNC(=NCC(=O)N(C)C)NC1CCc2ncnn2C1. The summed E-state index contributed by atoms with van der Waals surface area (Å²) in [6.07, 6.45) is 5.53. The molecule has 0 bridgehead atoms. The maximum absolute atomic E-state index is 11.7. The van der Waals surface area contributed by atoms with Gasteiger partial charge in [0.25, 0.3) is 0 Å². The van der Waals surface area contributed by atoms with E-state index in [9.17, 15) is 4.79 Å². The zero-order valence-electron chi connectivity index (χ0n) is 13.9. The normalized spacial score (nSPS) is 17.5. The summed E-state index contributed by atoms with van der Waals surface area (Å²) < 4.78 is 1.92. The van der Waals surface area contributed by atoms with Gasteiger partial charge in [0.15, 0.2) is 5.96 Å². The van der Waals surface area contributed by atoms with Crippen LogP contribution in [-0.2, 0) is 17.8 Å². The van der Waals surface area contributed by atoms with Crippen molar-refractivity contribution in [2.24, 2.45) is 4.99 Å². The Kier molecular flexibility index (Phi) is 6.69. The Balaban J connectivity index is 1.93. The molecular formula is C14H25N7OS. The molecule has 2 N–H and O–H groups in total. The van der Waals surface area contributed by atoms with Crippen LogP contribution in [-0.4, -0.2) is 76.8 Å². The molecule has 1 aromatic heterocycles. The third-order valence-corrected chi connectivity index (χ3v) is 4.23. The first-order chi connectivity index (χ1) is 11.1. The number of amides is 1. The van der Waals surface area contributed by atoms with Crippen LogP contribution < -0.4 is 10.6 Å². The summed E-state index contributed by atoms with van der Waals surface area (Å²) in [6.45, 7) is 1.72. The number of rotatable bonds is 6. The fraction of sp³-hybridized carbons (Fsp3) is 0.714. The molecule has 1 aliphatic heterocycles. The van der Waals surface area contributed by atoms with E-state index in [-0.39, 0.29) is 18.5 Å². The largest absolute Gasteiger partial charge is 0.356 e. The van der Waals surface area contributed by atoms with Crippen LogP contribution in [0.1, 0.15) is 12.2 Å². The van der Waals surface area contributed by atoms with E-state index in [1.54, 1.807) is 37.1 Å². The van der Waals surface area contributed by atoms with Crippen LogP contribution in [0.2, 0.25) is 0 Å². The van der Waals surface area contributed by atoms with Crippen molar-refractivity contribution >= 4 is 23.6 Å². The minimum absolute atomic E-state index is 0.0156. The number of aryl methyl sites for hydroxylation is 1. The van der Waals surface area contributed by atoms with Crippen molar-refractivity contribution in [3.8, 4) is 0 Å². The first-order valence-electron chi connectivity index (χ1n) is 7.70. The zero-order chi connectivity index (χ0) is 16.7. The Labute approximate surface area is 141 Å². The fourth-order valence-electron chi connectivity index (χ4n) is 2.26. The Morgan fingerprint density at radius 3 is 3.13 bits per heavy atom. The molecule has 1 unspecified atom stereocenters. The number of thioether (sulfide) groups is 1. The van der Waals surface area contributed by atoms with Crippen LogP contribution in [0.15, 0.2) is 11.3 Å². The Bertz CT molecular complexity index is 543. The third kappa shape index (κ3) is 5.42. The first kappa shape index (κ1) is 17.6. The number of fused-ring (bicyclic) bond motifs is 1. The van der Waals surface area contributed by atoms with Crippen LogP contribution in [0.25, 0.3) is 0 Å². The van der Waals surface area contributed by atoms with E-state index < -0.39 is 0 Å². The molecule has 0 spiro atoms. The molecule has 23 heavy (non-hydrogen) atoms. The number of nitrogens with one attached hydrogen (secondary N) is 2. The van der Waals surface area contributed by atoms with E-state index in [2.05, 4.69) is 32.0 Å². The van der Waals surface area contributed by atoms with Crippen LogP contribution in [0.4, 0.5) is 0 Å². The molecule has 0 aromatic carbocycles. The van der Waals surface area contributed by atoms with Crippen LogP contribution >= 0.6 is 11.8 Å². The number of carbonyl (C=O) groups excluding carboxylic acids is 1. The lowest BCUT2D eigenvalue weighted by atomic mass is 10.1. The molecule has 0 aliphatic carbocycles. The summed E-state index contributed by atoms with van der Waals surface area (Å²) in [4.78, 5) is 21.9. The molecule has 0 fully saturated rings. The van der Waals surface area contributed by atoms with Gasteiger partial charge in [-0.15, -0.1) is 0 Å². The predicted molar refractivity (Wildman–Crippen MR) is 92.6 cm³/mol. The lowest BCUT2D eigenvalue weighted by molar-refractivity contribution is -0.127. The molecular weight excluding hydrogens is 314 g/mol. The van der Waals surface area contributed by atoms with E-state index in [0.29, 0.717) is 5.96 Å². The number of likely N-dealkylation sites (N-methyl/N-ethyl adjacent to an activating group) is 1. The van der Waals surface area contributed by atoms with Crippen LogP contribution in [0, 0.1) is 0 Å². The van der Waals surface area contributed by atoms with Gasteiger partial charge in [-0.25, -0.2) is 14.7 Å². The van der Waals surface area contributed by atoms with E-state index in [1.165, 1.54) is 0 Å². The second-order valence-corrected chi connectivity index (χ2v) is 6.60. The number of carbonyl (C=O) groups is 1. The number of guanidine groups is 1. The predicted octanol–water partition coefficient (Wildman–Crippen LogP) is -0.421. The lowest BCUT2D eigenvalue weighted by Crippen LogP contribution is -2.48. The Morgan fingerprint density at radius 2 is 2.39 bits per heavy atom. The number of nitrogens with zero attached hydrogens (tertiary/aromatic N) is 5. The molecule has 0 saturated heterocycles. The van der Waals surface area contributed by atoms with Crippen molar-refractivity contribution in [1.29, 1.82) is 0 Å². The van der Waals surface area contributed by atoms with Gasteiger partial charge in [0.2, 0.25) is 5.91 Å². The molecule has 9 heteroatoms. The molecule has 1 amide bonds. The van der Waals surface area contributed by atoms with Crippen molar-refractivity contribution in [2.75, 3.05) is 39.2 Å². The summed E-state index contributed by atoms with van der Waals surface area (Å²) in [7, 11) is 3.47. The van der Waals surface area contributed by atoms with Gasteiger partial charge in [-0.1, -0.05) is 0 Å². The molecule has 0 saturated carbocycles. The summed E-state index contributed by atoms with van der Waals surface area (Å²) in [6, 6.07) is 0.235. The highest BCUT2D eigenvalue weighted by atomic mass is 32.2. The average Bonchev–Trinajstić information content (AvgIpc) is 2.99. The van der Waals surface area contributed by atoms with Crippen LogP contribution in [0.5, 0.6) is 0 Å². The number of hydrogen-bond donors (Lipinski definition) is 2. The summed E-state index contributed by atoms with van der Waals surface area (Å²) in [5.41, 5.74) is 0. The zero-order valence-corrected chi connectivity index (χ0v) is 14.8. The monoisotopic (exact) mass is 339 g/mol. The van der Waals surface area contributed by atoms with Gasteiger partial charge in [-0.05, 0) is 12.7 Å². The molecule has 1 atom stereocenters. The third-order valence-electron chi connectivity index (χ3n) is 3.62. The minimum Gasteiger partial charge on any atom is -0.356 e. The Morgan fingerprint density at radius 1 is 1.57 bits per heavy atom. The standard InChI is InChI=1S/C14H25N7OS/c1-20(2)13(22)8-16-14(15-6-7-23-3)19-11-4-5-12-17-10-18-21(12)9-11/h10-11H,4-9H2,1-3H3,(H2,15,16,19). The number of aromatic nitrogens is 3. The van der Waals surface area contributed by atoms with Gasteiger partial charge in [-0.2, -0.15) is 16.9 Å². The molecule has 1 aliphatic rings. The van der Waals surface area contributed by atoms with Gasteiger partial charge in [-0.3, -0.25) is 4.79 Å². The van der Waals surface area contributed by atoms with Crippen molar-refractivity contribution < 1.29 is 4.79 Å². The van der Waals surface area contributed by atoms with Crippen molar-refractivity contribution in [3.63, 3.8) is 0 Å². The van der Waals surface area contributed by atoms with Gasteiger partial charge in [0.05, 0.1) is 6.54 Å². The summed E-state index contributed by atoms with van der Waals surface area (Å²) >= 11 is 1.77. The highest BCUT2D eigenvalue weighted by molar-refractivity contribution is 7.98. The number of aliphatic imine (C=N–C) groups is 1. The first-order valence-corrected chi connectivity index (χ1v) is 9.10. The number of hydrogen-bond acceptors (Lipinski definition) is 5. The molecule has 128 valence electrons. The highest BCUT2D eigenvalue weighted by Gasteiger charge is 2.20.